The predicted octanol–water partition coefficient (Wildman–Crippen LogP) is 4.11. The molecule has 1 amide bonds. The highest BCUT2D eigenvalue weighted by Gasteiger charge is 2.41. The number of carbonyl (C=O) groups excluding carboxylic acids is 1. The zero-order chi connectivity index (χ0) is 21.2. The fourth-order valence-corrected chi connectivity index (χ4v) is 4.44. The summed E-state index contributed by atoms with van der Waals surface area (Å²) in [6.07, 6.45) is 8.92. The molecule has 156 valence electrons. The highest BCUT2D eigenvalue weighted by Crippen LogP contribution is 2.35. The van der Waals surface area contributed by atoms with Crippen LogP contribution in [0.25, 0.3) is 5.70 Å². The van der Waals surface area contributed by atoms with Crippen molar-refractivity contribution < 1.29 is 9.53 Å². The first-order valence-electron chi connectivity index (χ1n) is 10.5. The lowest BCUT2D eigenvalue weighted by atomic mass is 10.1. The third-order valence-corrected chi connectivity index (χ3v) is 5.88. The lowest BCUT2D eigenvalue weighted by Crippen LogP contribution is -2.52. The van der Waals surface area contributed by atoms with Crippen LogP contribution in [-0.4, -0.2) is 40.7 Å². The minimum atomic E-state index is -0.0420. The molecule has 3 aliphatic rings. The molecule has 1 N–H and O–H groups in total. The van der Waals surface area contributed by atoms with Crippen LogP contribution >= 0.6 is 0 Å². The van der Waals surface area contributed by atoms with E-state index < -0.39 is 0 Å². The Morgan fingerprint density at radius 1 is 1.13 bits per heavy atom. The first-order valence-corrected chi connectivity index (χ1v) is 10.5. The van der Waals surface area contributed by atoms with Crippen LogP contribution in [0.15, 0.2) is 90.3 Å². The Bertz CT molecular complexity index is 1070. The standard InChI is InChI=1S/C25H24N4O2/c1-2-23(30)28-15-6-9-21(28)25-27-24(22-17-26-14-16-29(22)25)18-10-12-20(13-11-18)31-19-7-4-3-5-8-19/h2-5,7-8,10-14,16-17,21,25,27H,1,6,9,15H2/t21-,25?/m0/s1. The molecule has 6 nitrogen and oxygen atoms in total. The number of nitrogens with zero attached hydrogens (tertiary/aromatic N) is 3. The monoisotopic (exact) mass is 412 g/mol. The average Bonchev–Trinajstić information content (AvgIpc) is 3.45. The zero-order valence-corrected chi connectivity index (χ0v) is 17.1. The molecule has 3 heterocycles. The van der Waals surface area contributed by atoms with Crippen LogP contribution in [0.5, 0.6) is 11.5 Å². The number of ether oxygens (including phenoxy) is 1. The third-order valence-electron chi connectivity index (χ3n) is 5.88. The van der Waals surface area contributed by atoms with E-state index in [1.165, 1.54) is 6.08 Å². The smallest absolute Gasteiger partial charge is 0.246 e. The molecule has 3 aliphatic heterocycles. The number of rotatable bonds is 5. The van der Waals surface area contributed by atoms with Crippen molar-refractivity contribution in [2.24, 2.45) is 4.99 Å². The van der Waals surface area contributed by atoms with Gasteiger partial charge in [-0.25, -0.2) is 0 Å². The zero-order valence-electron chi connectivity index (χ0n) is 17.1. The number of benzene rings is 2. The molecule has 1 saturated heterocycles. The van der Waals surface area contributed by atoms with Crippen molar-refractivity contribution in [1.29, 1.82) is 0 Å². The molecule has 1 unspecified atom stereocenters. The predicted molar refractivity (Wildman–Crippen MR) is 121 cm³/mol. The second-order valence-electron chi connectivity index (χ2n) is 7.72. The van der Waals surface area contributed by atoms with E-state index in [4.69, 9.17) is 4.74 Å². The van der Waals surface area contributed by atoms with Crippen LogP contribution in [0.1, 0.15) is 18.4 Å². The lowest BCUT2D eigenvalue weighted by Gasteiger charge is -2.35. The summed E-state index contributed by atoms with van der Waals surface area (Å²) in [5, 5.41) is 3.66. The van der Waals surface area contributed by atoms with Gasteiger partial charge in [0.05, 0.1) is 23.7 Å². The van der Waals surface area contributed by atoms with Crippen LogP contribution in [0, 0.1) is 0 Å². The summed E-state index contributed by atoms with van der Waals surface area (Å²) in [5.74, 6) is 1.57. The van der Waals surface area contributed by atoms with Gasteiger partial charge in [0.15, 0.2) is 0 Å². The minimum absolute atomic E-state index is 0.0173. The van der Waals surface area contributed by atoms with Crippen molar-refractivity contribution in [3.63, 3.8) is 0 Å². The van der Waals surface area contributed by atoms with Gasteiger partial charge in [-0.15, -0.1) is 0 Å². The Kier molecular flexibility index (Phi) is 5.04. The molecule has 2 atom stereocenters. The molecule has 0 aromatic heterocycles. The van der Waals surface area contributed by atoms with Crippen molar-refractivity contribution in [3.8, 4) is 11.5 Å². The molecule has 0 aliphatic carbocycles. The van der Waals surface area contributed by atoms with E-state index in [1.807, 2.05) is 71.9 Å². The Balaban J connectivity index is 1.40. The Morgan fingerprint density at radius 3 is 2.68 bits per heavy atom. The van der Waals surface area contributed by atoms with Crippen molar-refractivity contribution in [1.82, 2.24) is 15.1 Å². The summed E-state index contributed by atoms with van der Waals surface area (Å²) >= 11 is 0. The van der Waals surface area contributed by atoms with E-state index in [2.05, 4.69) is 21.8 Å². The summed E-state index contributed by atoms with van der Waals surface area (Å²) in [5.41, 5.74) is 3.05. The SMILES string of the molecule is C=CC(=O)N1CCC[C@H]1C1NC(c2ccc(Oc3ccccc3)cc2)=C2C=NC=CN21. The lowest BCUT2D eigenvalue weighted by molar-refractivity contribution is -0.127. The number of hydrogen-bond donors (Lipinski definition) is 1. The summed E-state index contributed by atoms with van der Waals surface area (Å²) in [6.45, 7) is 4.43. The number of aliphatic imine (C=N–C) groups is 1. The molecule has 5 rings (SSSR count). The number of allylic oxidation sites excluding steroid dienone is 1. The number of nitrogens with one attached hydrogen (secondary N) is 1. The van der Waals surface area contributed by atoms with Crippen molar-refractivity contribution >= 4 is 17.8 Å². The Morgan fingerprint density at radius 2 is 1.90 bits per heavy atom. The van der Waals surface area contributed by atoms with Gasteiger partial charge in [0.25, 0.3) is 0 Å². The Labute approximate surface area is 181 Å². The molecule has 0 spiro atoms. The number of amides is 1. The molecular weight excluding hydrogens is 388 g/mol. The maximum absolute atomic E-state index is 12.4. The van der Waals surface area contributed by atoms with Gasteiger partial charge in [0.2, 0.25) is 5.91 Å². The van der Waals surface area contributed by atoms with Gasteiger partial charge in [-0.2, -0.15) is 0 Å². The van der Waals surface area contributed by atoms with Gasteiger partial charge in [-0.3, -0.25) is 9.79 Å². The highest BCUT2D eigenvalue weighted by molar-refractivity contribution is 5.93. The van der Waals surface area contributed by atoms with Crippen LogP contribution in [-0.2, 0) is 4.79 Å². The van der Waals surface area contributed by atoms with E-state index in [-0.39, 0.29) is 18.1 Å². The second-order valence-corrected chi connectivity index (χ2v) is 7.72. The van der Waals surface area contributed by atoms with Crippen molar-refractivity contribution in [2.75, 3.05) is 6.54 Å². The molecule has 31 heavy (non-hydrogen) atoms. The average molecular weight is 412 g/mol. The highest BCUT2D eigenvalue weighted by atomic mass is 16.5. The molecule has 2 aromatic carbocycles. The number of fused-ring (bicyclic) bond motifs is 1. The fraction of sp³-hybridized carbons (Fsp3) is 0.200. The normalized spacial score (nSPS) is 21.8. The van der Waals surface area contributed by atoms with E-state index >= 15 is 0 Å². The van der Waals surface area contributed by atoms with Crippen molar-refractivity contribution in [3.05, 3.63) is 90.9 Å². The van der Waals surface area contributed by atoms with Crippen LogP contribution < -0.4 is 10.1 Å². The minimum Gasteiger partial charge on any atom is -0.457 e. The first kappa shape index (κ1) is 19.2. The van der Waals surface area contributed by atoms with Gasteiger partial charge in [-0.05, 0) is 55.3 Å². The summed E-state index contributed by atoms with van der Waals surface area (Å²) in [7, 11) is 0. The van der Waals surface area contributed by atoms with E-state index in [1.54, 1.807) is 6.20 Å². The molecule has 2 aromatic rings. The van der Waals surface area contributed by atoms with Gasteiger partial charge >= 0.3 is 0 Å². The third kappa shape index (κ3) is 3.61. The second kappa shape index (κ2) is 8.14. The number of para-hydroxylation sites is 1. The molecule has 0 bridgehead atoms. The van der Waals surface area contributed by atoms with Gasteiger partial charge in [0, 0.05) is 24.5 Å². The summed E-state index contributed by atoms with van der Waals surface area (Å²) < 4.78 is 5.92. The quantitative estimate of drug-likeness (QED) is 0.751. The van der Waals surface area contributed by atoms with E-state index in [0.29, 0.717) is 0 Å². The molecule has 6 heteroatoms. The first-order chi connectivity index (χ1) is 15.2. The van der Waals surface area contributed by atoms with Gasteiger partial charge < -0.3 is 19.9 Å². The molecular formula is C25H24N4O2. The number of carbonyl (C=O) groups is 1. The van der Waals surface area contributed by atoms with Crippen LogP contribution in [0.4, 0.5) is 0 Å². The fourth-order valence-electron chi connectivity index (χ4n) is 4.44. The molecule has 1 fully saturated rings. The number of likely N-dealkylation sites (tertiary alicyclic amines) is 1. The van der Waals surface area contributed by atoms with Gasteiger partial charge in [-0.1, -0.05) is 24.8 Å². The maximum Gasteiger partial charge on any atom is 0.246 e. The maximum atomic E-state index is 12.4. The van der Waals surface area contributed by atoms with E-state index in [9.17, 15) is 4.79 Å². The topological polar surface area (TPSA) is 57.2 Å². The number of hydrogen-bond acceptors (Lipinski definition) is 5. The van der Waals surface area contributed by atoms with Crippen LogP contribution in [0.3, 0.4) is 0 Å². The van der Waals surface area contributed by atoms with E-state index in [0.717, 1.165) is 47.8 Å². The Hall–Kier alpha value is -3.80. The van der Waals surface area contributed by atoms with Crippen molar-refractivity contribution in [2.45, 2.75) is 25.0 Å². The molecule has 0 radical (unpaired) electrons. The summed E-state index contributed by atoms with van der Waals surface area (Å²) in [4.78, 5) is 20.8. The van der Waals surface area contributed by atoms with Gasteiger partial charge in [0.1, 0.15) is 17.7 Å². The molecule has 0 saturated carbocycles. The summed E-state index contributed by atoms with van der Waals surface area (Å²) in [6, 6.07) is 17.8. The van der Waals surface area contributed by atoms with Crippen LogP contribution in [0.2, 0.25) is 0 Å². The largest absolute Gasteiger partial charge is 0.457 e.